The molecule has 0 unspecified atom stereocenters. The number of rotatable bonds is 4. The second kappa shape index (κ2) is 10.3. The van der Waals surface area contributed by atoms with Gasteiger partial charge in [-0.3, -0.25) is 0 Å². The monoisotopic (exact) mass is 681 g/mol. The maximum Gasteiger partial charge on any atom is 0.143 e. The highest BCUT2D eigenvalue weighted by Crippen LogP contribution is 2.55. The SMILES string of the molecule is [2H]c1c([2H])c([2H])c2c(c1[2H])-c1c([2H])c(N(c3c([2H])c([2H])c(-c4c([2H])c([2H])c([2H])c5c4oc4c([2H])c([2H])c([2H])c([2H])c45)c([2H])c3[2H])c3c([2H])c([2H])c([2H])c4c3-c3c([2H])c([2H])c([2H])c([2H])c3C4(C([2H])([2H])[2H])C([2H])([2H])[2H])c([2H])c([2H])c1C2(C([2H])([2H])[2H])C([2H])([2H])[2H]. The Labute approximate surface area is 345 Å². The summed E-state index contributed by atoms with van der Waals surface area (Å²) >= 11 is 0. The smallest absolute Gasteiger partial charge is 0.143 e. The highest BCUT2D eigenvalue weighted by Gasteiger charge is 2.39. The minimum atomic E-state index is -4.10. The van der Waals surface area contributed by atoms with Gasteiger partial charge in [-0.1, -0.05) is 142 Å². The molecule has 1 aromatic heterocycles. The Morgan fingerprint density at radius 2 is 1.10 bits per heavy atom. The molecule has 0 saturated heterocycles. The van der Waals surface area contributed by atoms with Gasteiger partial charge in [-0.15, -0.1) is 0 Å². The van der Waals surface area contributed by atoms with E-state index in [9.17, 15) is 15.1 Å². The lowest BCUT2D eigenvalue weighted by molar-refractivity contribution is 0.660. The molecule has 0 fully saturated rings. The fraction of sp³-hybridized carbons (Fsp3) is 0.125. The van der Waals surface area contributed by atoms with Crippen molar-refractivity contribution in [2.24, 2.45) is 0 Å². The van der Waals surface area contributed by atoms with Crippen molar-refractivity contribution in [3.8, 4) is 33.4 Å². The highest BCUT2D eigenvalue weighted by molar-refractivity contribution is 6.09. The second-order valence-electron chi connectivity index (χ2n) is 11.3. The van der Waals surface area contributed by atoms with Crippen molar-refractivity contribution in [1.82, 2.24) is 0 Å². The first kappa shape index (κ1) is 10.1. The van der Waals surface area contributed by atoms with Crippen molar-refractivity contribution in [2.75, 3.05) is 4.90 Å². The lowest BCUT2D eigenvalue weighted by Crippen LogP contribution is -2.16. The van der Waals surface area contributed by atoms with E-state index in [1.807, 2.05) is 0 Å². The van der Waals surface area contributed by atoms with Crippen LogP contribution in [0.3, 0.4) is 0 Å². The minimum Gasteiger partial charge on any atom is -0.455 e. The third-order valence-electron chi connectivity index (χ3n) is 8.50. The Morgan fingerprint density at radius 3 is 1.92 bits per heavy atom. The molecule has 0 atom stereocenters. The molecule has 2 nitrogen and oxygen atoms in total. The summed E-state index contributed by atoms with van der Waals surface area (Å²) in [4.78, 5) is 0.119. The van der Waals surface area contributed by atoms with Crippen LogP contribution in [0.5, 0.6) is 0 Å². The van der Waals surface area contributed by atoms with Gasteiger partial charge >= 0.3 is 0 Å². The van der Waals surface area contributed by atoms with Crippen LogP contribution >= 0.6 is 0 Å². The highest BCUT2D eigenvalue weighted by atomic mass is 16.3. The Hall–Kier alpha value is -5.86. The fourth-order valence-corrected chi connectivity index (χ4v) is 6.26. The predicted molar refractivity (Wildman–Crippen MR) is 209 cm³/mol. The molecule has 240 valence electrons. The van der Waals surface area contributed by atoms with Gasteiger partial charge < -0.3 is 9.32 Å². The molecule has 8 aromatic rings. The zero-order valence-electron chi connectivity index (χ0n) is 61.9. The summed E-state index contributed by atoms with van der Waals surface area (Å²) < 4.78 is 342. The molecule has 2 aliphatic rings. The van der Waals surface area contributed by atoms with Crippen LogP contribution in [0.1, 0.15) is 100 Å². The van der Waals surface area contributed by atoms with Gasteiger partial charge in [0.25, 0.3) is 0 Å². The van der Waals surface area contributed by atoms with E-state index in [0.29, 0.717) is 0 Å². The summed E-state index contributed by atoms with van der Waals surface area (Å²) in [6.07, 6.45) is 0. The van der Waals surface area contributed by atoms with Crippen molar-refractivity contribution in [2.45, 2.75) is 38.2 Å². The Bertz CT molecular complexity index is 4460. The maximum absolute atomic E-state index is 10.2. The van der Waals surface area contributed by atoms with Crippen LogP contribution in [-0.4, -0.2) is 0 Å². The largest absolute Gasteiger partial charge is 0.455 e. The normalized spacial score (nSPS) is 26.3. The summed E-state index contributed by atoms with van der Waals surface area (Å²) in [5, 5.41) is -1.12. The van der Waals surface area contributed by atoms with Crippen LogP contribution in [-0.2, 0) is 10.8 Å². The quantitative estimate of drug-likeness (QED) is 0.184. The Balaban J connectivity index is 1.51. The molecule has 0 aliphatic heterocycles. The third-order valence-corrected chi connectivity index (χ3v) is 8.50. The summed E-state index contributed by atoms with van der Waals surface area (Å²) in [6.45, 7) is -16.3. The van der Waals surface area contributed by atoms with Crippen molar-refractivity contribution in [3.05, 3.63) is 173 Å². The number of fused-ring (bicyclic) bond motifs is 9. The summed E-state index contributed by atoms with van der Waals surface area (Å²) in [5.74, 6) is 0. The molecule has 2 aliphatic carbocycles. The number of nitrogens with zero attached hydrogens (tertiary/aromatic N) is 1. The van der Waals surface area contributed by atoms with Crippen LogP contribution in [0.4, 0.5) is 17.1 Å². The van der Waals surface area contributed by atoms with Crippen LogP contribution in [0, 0.1) is 0 Å². The molecule has 2 heteroatoms. The van der Waals surface area contributed by atoms with E-state index >= 15 is 0 Å². The van der Waals surface area contributed by atoms with Crippen LogP contribution < -0.4 is 4.90 Å². The molecule has 0 saturated carbocycles. The number of anilines is 3. The first-order valence-electron chi connectivity index (χ1n) is 33.1. The van der Waals surface area contributed by atoms with E-state index in [2.05, 4.69) is 0 Å². The van der Waals surface area contributed by atoms with Crippen molar-refractivity contribution < 1.29 is 55.1 Å². The van der Waals surface area contributed by atoms with Gasteiger partial charge in [0.2, 0.25) is 0 Å². The second-order valence-corrected chi connectivity index (χ2v) is 11.3. The van der Waals surface area contributed by atoms with E-state index in [1.165, 1.54) is 0 Å². The van der Waals surface area contributed by atoms with E-state index < -0.39 is 284 Å². The van der Waals surface area contributed by atoms with Gasteiger partial charge in [0, 0.05) is 60.6 Å². The lowest BCUT2D eigenvalue weighted by Gasteiger charge is -2.30. The number of hydrogen-bond acceptors (Lipinski definition) is 2. The maximum atomic E-state index is 10.2. The fourth-order valence-electron chi connectivity index (χ4n) is 6.26. The van der Waals surface area contributed by atoms with E-state index in [4.69, 9.17) is 40.1 Å². The molecule has 0 amide bonds. The minimum absolute atomic E-state index is 0.119. The molecular formula is C48H37NO. The van der Waals surface area contributed by atoms with Gasteiger partial charge in [-0.05, 0) is 80.8 Å². The van der Waals surface area contributed by atoms with E-state index in [0.717, 1.165) is 0 Å². The molecule has 50 heavy (non-hydrogen) atoms. The predicted octanol–water partition coefficient (Wildman–Crippen LogP) is 13.3. The van der Waals surface area contributed by atoms with Gasteiger partial charge in [0.15, 0.2) is 0 Å². The molecule has 0 spiro atoms. The molecular weight excluding hydrogens is 607 g/mol. The first-order valence-corrected chi connectivity index (χ1v) is 14.6. The topological polar surface area (TPSA) is 16.4 Å². The molecule has 7 aromatic carbocycles. The van der Waals surface area contributed by atoms with Crippen LogP contribution in [0.15, 0.2) is 155 Å². The molecule has 1 heterocycles. The first-order chi connectivity index (χ1) is 39.7. The standard InChI is InChI=1S/C48H37NO/c1-47(2)39-18-8-5-13-34(39)38-29-32(27-28-41(38)47)49(43-21-12-20-42-45(43)37-15-6-9-19-40(37)48(42,3)4)31-25-23-30(24-26-31)33-16-11-17-36-35-14-7-10-22-44(35)50-46(33)36/h5-29H,1-4H3/i1D3,2D3,3D3,4D3,5D,6D,7D,8D,9D,10D,11D,12D,13D,14D,15D,16D,17D,18D,19D,20D,21D,22D,23D,24D,25D,26D,27D,28D,29D. The Kier molecular flexibility index (Phi) is 2.09. The number of benzene rings is 7. The summed E-state index contributed by atoms with van der Waals surface area (Å²) in [6, 6.07) is -31.6. The molecule has 0 bridgehead atoms. The van der Waals surface area contributed by atoms with E-state index in [-0.39, 0.29) is 4.90 Å². The lowest BCUT2D eigenvalue weighted by atomic mass is 9.82. The average Bonchev–Trinajstić information content (AvgIpc) is 1.52. The third kappa shape index (κ3) is 3.96. The van der Waals surface area contributed by atoms with Crippen molar-refractivity contribution >= 4 is 39.0 Å². The summed E-state index contributed by atoms with van der Waals surface area (Å²) in [7, 11) is 0. The van der Waals surface area contributed by atoms with E-state index in [1.54, 1.807) is 0 Å². The van der Waals surface area contributed by atoms with Gasteiger partial charge in [0.05, 0.1) is 40.0 Å². The van der Waals surface area contributed by atoms with Crippen LogP contribution in [0.2, 0.25) is 0 Å². The van der Waals surface area contributed by atoms with Gasteiger partial charge in [-0.25, -0.2) is 0 Å². The molecule has 0 N–H and O–H groups in total. The number of para-hydroxylation sites is 2. The number of furan rings is 1. The van der Waals surface area contributed by atoms with Crippen molar-refractivity contribution in [1.29, 1.82) is 0 Å². The van der Waals surface area contributed by atoms with Gasteiger partial charge in [-0.2, -0.15) is 0 Å². The zero-order chi connectivity index (χ0) is 65.5. The molecule has 10 rings (SSSR count). The average molecular weight is 681 g/mol. The number of hydrogen-bond donors (Lipinski definition) is 0. The van der Waals surface area contributed by atoms with Crippen LogP contribution in [0.25, 0.3) is 55.3 Å². The zero-order valence-corrected chi connectivity index (χ0v) is 24.9. The Morgan fingerprint density at radius 1 is 0.500 bits per heavy atom. The van der Waals surface area contributed by atoms with Gasteiger partial charge in [0.1, 0.15) is 11.2 Å². The summed E-state index contributed by atoms with van der Waals surface area (Å²) in [5.41, 5.74) is -25.4. The molecule has 0 radical (unpaired) electrons. The van der Waals surface area contributed by atoms with Crippen molar-refractivity contribution in [3.63, 3.8) is 0 Å².